The SMILES string of the molecule is Cn1nc(C(=O)Nc2ccc(N3CCCCC3)cc2)[nH]c1=O. The average molecular weight is 301 g/mol. The number of hydrogen-bond donors (Lipinski definition) is 2. The molecule has 7 nitrogen and oxygen atoms in total. The number of piperidine rings is 1. The normalized spacial score (nSPS) is 14.9. The molecule has 2 heterocycles. The van der Waals surface area contributed by atoms with Crippen molar-refractivity contribution in [3.8, 4) is 0 Å². The van der Waals surface area contributed by atoms with Gasteiger partial charge in [-0.25, -0.2) is 9.48 Å². The fourth-order valence-corrected chi connectivity index (χ4v) is 2.60. The second-order valence-corrected chi connectivity index (χ2v) is 5.45. The van der Waals surface area contributed by atoms with Gasteiger partial charge in [0.1, 0.15) is 0 Å². The lowest BCUT2D eigenvalue weighted by Gasteiger charge is -2.28. The van der Waals surface area contributed by atoms with Crippen LogP contribution in [0.4, 0.5) is 11.4 Å². The predicted octanol–water partition coefficient (Wildman–Crippen LogP) is 1.35. The lowest BCUT2D eigenvalue weighted by atomic mass is 10.1. The van der Waals surface area contributed by atoms with Crippen LogP contribution in [0.25, 0.3) is 0 Å². The van der Waals surface area contributed by atoms with E-state index in [1.165, 1.54) is 32.0 Å². The molecule has 1 amide bonds. The van der Waals surface area contributed by atoms with E-state index < -0.39 is 11.6 Å². The zero-order chi connectivity index (χ0) is 15.5. The zero-order valence-electron chi connectivity index (χ0n) is 12.5. The number of carbonyl (C=O) groups excluding carboxylic acids is 1. The number of anilines is 2. The minimum atomic E-state index is -0.427. The molecule has 0 radical (unpaired) electrons. The summed E-state index contributed by atoms with van der Waals surface area (Å²) in [5.74, 6) is -0.420. The molecule has 1 aliphatic heterocycles. The minimum absolute atomic E-state index is 0.00704. The summed E-state index contributed by atoms with van der Waals surface area (Å²) in [5.41, 5.74) is 1.44. The summed E-state index contributed by atoms with van der Waals surface area (Å²) in [7, 11) is 1.49. The number of nitrogens with zero attached hydrogens (tertiary/aromatic N) is 3. The molecule has 3 rings (SSSR count). The Hall–Kier alpha value is -2.57. The molecule has 0 aliphatic carbocycles. The van der Waals surface area contributed by atoms with E-state index in [2.05, 4.69) is 20.3 Å². The van der Waals surface area contributed by atoms with Crippen LogP contribution in [0.3, 0.4) is 0 Å². The van der Waals surface area contributed by atoms with Gasteiger partial charge in [-0.1, -0.05) is 0 Å². The Balaban J connectivity index is 1.67. The molecule has 1 aliphatic rings. The van der Waals surface area contributed by atoms with E-state index in [0.717, 1.165) is 17.8 Å². The van der Waals surface area contributed by atoms with Crippen molar-refractivity contribution in [2.24, 2.45) is 7.05 Å². The summed E-state index contributed by atoms with van der Waals surface area (Å²) in [6.07, 6.45) is 3.75. The molecule has 1 aromatic carbocycles. The first kappa shape index (κ1) is 14.4. The number of benzene rings is 1. The molecule has 2 N–H and O–H groups in total. The van der Waals surface area contributed by atoms with Crippen molar-refractivity contribution in [1.82, 2.24) is 14.8 Å². The number of H-pyrrole nitrogens is 1. The second-order valence-electron chi connectivity index (χ2n) is 5.45. The molecule has 1 fully saturated rings. The standard InChI is InChI=1S/C15H19N5O2/c1-19-15(22)17-13(18-19)14(21)16-11-5-7-12(8-6-11)20-9-3-2-4-10-20/h5-8H,2-4,9-10H2,1H3,(H,16,21)(H,17,18,22). The molecule has 0 atom stereocenters. The fourth-order valence-electron chi connectivity index (χ4n) is 2.60. The monoisotopic (exact) mass is 301 g/mol. The number of hydrogen-bond acceptors (Lipinski definition) is 4. The average Bonchev–Trinajstić information content (AvgIpc) is 2.88. The van der Waals surface area contributed by atoms with Gasteiger partial charge in [-0.3, -0.25) is 9.78 Å². The number of rotatable bonds is 3. The molecule has 0 spiro atoms. The highest BCUT2D eigenvalue weighted by Gasteiger charge is 2.13. The van der Waals surface area contributed by atoms with Gasteiger partial charge in [0.2, 0.25) is 5.82 Å². The molecule has 7 heteroatoms. The van der Waals surface area contributed by atoms with Crippen molar-refractivity contribution in [3.63, 3.8) is 0 Å². The molecular weight excluding hydrogens is 282 g/mol. The third-order valence-corrected chi connectivity index (χ3v) is 3.83. The first-order valence-corrected chi connectivity index (χ1v) is 7.43. The van der Waals surface area contributed by atoms with Gasteiger partial charge in [-0.2, -0.15) is 0 Å². The van der Waals surface area contributed by atoms with Crippen molar-refractivity contribution in [1.29, 1.82) is 0 Å². The van der Waals surface area contributed by atoms with Crippen LogP contribution in [-0.2, 0) is 7.05 Å². The topological polar surface area (TPSA) is 83.0 Å². The lowest BCUT2D eigenvalue weighted by molar-refractivity contribution is 0.101. The maximum atomic E-state index is 12.0. The summed E-state index contributed by atoms with van der Waals surface area (Å²) in [6, 6.07) is 7.73. The zero-order valence-corrected chi connectivity index (χ0v) is 12.5. The van der Waals surface area contributed by atoms with Crippen molar-refractivity contribution < 1.29 is 4.79 Å². The maximum absolute atomic E-state index is 12.0. The van der Waals surface area contributed by atoms with Crippen LogP contribution < -0.4 is 15.9 Å². The van der Waals surface area contributed by atoms with Crippen LogP contribution >= 0.6 is 0 Å². The third kappa shape index (κ3) is 3.03. The number of nitrogens with one attached hydrogen (secondary N) is 2. The van der Waals surface area contributed by atoms with Gasteiger partial charge in [0, 0.05) is 31.5 Å². The summed E-state index contributed by atoms with van der Waals surface area (Å²) in [5, 5.41) is 6.55. The Bertz CT molecular complexity index is 710. The molecular formula is C15H19N5O2. The molecule has 1 saturated heterocycles. The Morgan fingerprint density at radius 1 is 1.18 bits per heavy atom. The van der Waals surface area contributed by atoms with Crippen molar-refractivity contribution in [2.75, 3.05) is 23.3 Å². The molecule has 0 saturated carbocycles. The van der Waals surface area contributed by atoms with Crippen molar-refractivity contribution >= 4 is 17.3 Å². The van der Waals surface area contributed by atoms with E-state index in [1.807, 2.05) is 24.3 Å². The van der Waals surface area contributed by atoms with Crippen LogP contribution in [-0.4, -0.2) is 33.8 Å². The molecule has 2 aromatic rings. The van der Waals surface area contributed by atoms with Crippen molar-refractivity contribution in [3.05, 3.63) is 40.6 Å². The van der Waals surface area contributed by atoms with Crippen molar-refractivity contribution in [2.45, 2.75) is 19.3 Å². The van der Waals surface area contributed by atoms with Gasteiger partial charge in [-0.05, 0) is 43.5 Å². The molecule has 0 bridgehead atoms. The first-order valence-electron chi connectivity index (χ1n) is 7.43. The highest BCUT2D eigenvalue weighted by Crippen LogP contribution is 2.21. The van der Waals surface area contributed by atoms with Gasteiger partial charge in [0.15, 0.2) is 0 Å². The molecule has 1 aromatic heterocycles. The van der Waals surface area contributed by atoms with E-state index in [-0.39, 0.29) is 5.82 Å². The summed E-state index contributed by atoms with van der Waals surface area (Å²) in [4.78, 5) is 28.0. The molecule has 116 valence electrons. The van der Waals surface area contributed by atoms with Crippen LogP contribution in [0.15, 0.2) is 29.1 Å². The highest BCUT2D eigenvalue weighted by molar-refractivity contribution is 6.01. The Labute approximate surface area is 127 Å². The van der Waals surface area contributed by atoms with Crippen LogP contribution in [0.1, 0.15) is 29.9 Å². The van der Waals surface area contributed by atoms with Gasteiger partial charge < -0.3 is 10.2 Å². The summed E-state index contributed by atoms with van der Waals surface area (Å²) in [6.45, 7) is 2.17. The van der Waals surface area contributed by atoms with Crippen LogP contribution in [0.5, 0.6) is 0 Å². The fraction of sp³-hybridized carbons (Fsp3) is 0.400. The minimum Gasteiger partial charge on any atom is -0.372 e. The van der Waals surface area contributed by atoms with Gasteiger partial charge >= 0.3 is 5.69 Å². The maximum Gasteiger partial charge on any atom is 0.343 e. The van der Waals surface area contributed by atoms with E-state index in [9.17, 15) is 9.59 Å². The number of aryl methyl sites for hydroxylation is 1. The second kappa shape index (κ2) is 6.05. The number of carbonyl (C=O) groups is 1. The van der Waals surface area contributed by atoms with Gasteiger partial charge in [0.05, 0.1) is 0 Å². The van der Waals surface area contributed by atoms with E-state index in [0.29, 0.717) is 5.69 Å². The van der Waals surface area contributed by atoms with E-state index >= 15 is 0 Å². The van der Waals surface area contributed by atoms with Crippen LogP contribution in [0, 0.1) is 0 Å². The number of amides is 1. The Morgan fingerprint density at radius 2 is 1.86 bits per heavy atom. The van der Waals surface area contributed by atoms with E-state index in [4.69, 9.17) is 0 Å². The Kier molecular flexibility index (Phi) is 3.95. The molecule has 0 unspecified atom stereocenters. The third-order valence-electron chi connectivity index (χ3n) is 3.83. The molecule has 22 heavy (non-hydrogen) atoms. The largest absolute Gasteiger partial charge is 0.372 e. The quantitative estimate of drug-likeness (QED) is 0.896. The van der Waals surface area contributed by atoms with Gasteiger partial charge in [-0.15, -0.1) is 5.10 Å². The number of aromatic nitrogens is 3. The lowest BCUT2D eigenvalue weighted by Crippen LogP contribution is -2.29. The predicted molar refractivity (Wildman–Crippen MR) is 84.3 cm³/mol. The van der Waals surface area contributed by atoms with Crippen LogP contribution in [0.2, 0.25) is 0 Å². The number of aromatic amines is 1. The summed E-state index contributed by atoms with van der Waals surface area (Å²) < 4.78 is 1.09. The highest BCUT2D eigenvalue weighted by atomic mass is 16.2. The summed E-state index contributed by atoms with van der Waals surface area (Å²) >= 11 is 0. The van der Waals surface area contributed by atoms with Gasteiger partial charge in [0.25, 0.3) is 5.91 Å². The first-order chi connectivity index (χ1) is 10.6. The van der Waals surface area contributed by atoms with E-state index in [1.54, 1.807) is 0 Å². The Morgan fingerprint density at radius 3 is 2.45 bits per heavy atom. The smallest absolute Gasteiger partial charge is 0.343 e.